The van der Waals surface area contributed by atoms with E-state index in [1.54, 1.807) is 74.1 Å². The van der Waals surface area contributed by atoms with Gasteiger partial charge in [0.2, 0.25) is 0 Å². The van der Waals surface area contributed by atoms with Gasteiger partial charge in [-0.1, -0.05) is 62.0 Å². The second kappa shape index (κ2) is 23.5. The lowest BCUT2D eigenvalue weighted by molar-refractivity contribution is -0.597. The molecule has 0 aliphatic rings. The summed E-state index contributed by atoms with van der Waals surface area (Å²) in [6.07, 6.45) is 8.24. The summed E-state index contributed by atoms with van der Waals surface area (Å²) in [5.41, 5.74) is 4.24. The highest BCUT2D eigenvalue weighted by Crippen LogP contribution is 2.42. The van der Waals surface area contributed by atoms with Gasteiger partial charge in [0.25, 0.3) is 11.4 Å². The zero-order chi connectivity index (χ0) is 49.2. The fourth-order valence-electron chi connectivity index (χ4n) is 8.34. The second-order valence-electron chi connectivity index (χ2n) is 17.2. The molecule has 7 aromatic rings. The topological polar surface area (TPSA) is 172 Å². The molecule has 7 rings (SSSR count). The maximum atomic E-state index is 14.0. The highest BCUT2D eigenvalue weighted by atomic mass is 16.5. The Balaban J connectivity index is 0.00000804. The van der Waals surface area contributed by atoms with E-state index in [0.717, 1.165) is 16.7 Å². The maximum absolute atomic E-state index is 14.0. The molecule has 364 valence electrons. The number of ether oxygens (including phenoxy) is 2. The molecule has 0 aliphatic carbocycles. The van der Waals surface area contributed by atoms with Crippen LogP contribution in [-0.4, -0.2) is 74.4 Å². The summed E-state index contributed by atoms with van der Waals surface area (Å²) >= 11 is 0. The third-order valence-corrected chi connectivity index (χ3v) is 11.9. The fraction of sp³-hybridized carbons (Fsp3) is 0.296. The summed E-state index contributed by atoms with van der Waals surface area (Å²) in [5.74, 6) is -0.537. The molecule has 4 heterocycles. The first-order valence-electron chi connectivity index (χ1n) is 22.7. The van der Waals surface area contributed by atoms with Crippen LogP contribution in [0.1, 0.15) is 54.0 Å². The molecule has 4 aromatic heterocycles. The summed E-state index contributed by atoms with van der Waals surface area (Å²) in [7, 11) is 10.9. The number of methoxy groups -OCH3 is 2. The van der Waals surface area contributed by atoms with Crippen molar-refractivity contribution in [3.63, 3.8) is 0 Å². The Morgan fingerprint density at radius 2 is 0.943 bits per heavy atom. The molecule has 3 aromatic carbocycles. The van der Waals surface area contributed by atoms with Crippen LogP contribution in [0, 0.1) is 13.8 Å². The molecule has 0 saturated heterocycles. The van der Waals surface area contributed by atoms with Gasteiger partial charge in [-0.2, -0.15) is 9.13 Å². The van der Waals surface area contributed by atoms with E-state index >= 15 is 0 Å². The molecule has 0 spiro atoms. The number of hydrogen-bond acceptors (Lipinski definition) is 12. The van der Waals surface area contributed by atoms with Crippen molar-refractivity contribution in [1.29, 1.82) is 0 Å². The highest BCUT2D eigenvalue weighted by molar-refractivity contribution is 5.63. The maximum Gasteiger partial charge on any atom is 0.323 e. The van der Waals surface area contributed by atoms with Crippen LogP contribution >= 0.6 is 0 Å². The summed E-state index contributed by atoms with van der Waals surface area (Å²) in [4.78, 5) is 31.7. The Morgan fingerprint density at radius 3 is 1.31 bits per heavy atom. The minimum atomic E-state index is -0.517. The van der Waals surface area contributed by atoms with E-state index in [2.05, 4.69) is 20.5 Å². The molecule has 0 fully saturated rings. The SMILES string of the molecule is C.COc1cc(C(c2ccccc2)c2ccc(N=Nc3c(C)c(-[n+]4ccccc4)c(=O)n(CCCN(C)C)c3[O-])c(OC)c2)ccc1N=Nc1c(C)c(-[n+]2ccccc2)c(=O)n(CCCN(C)C)c1[O-]. The number of nitrogens with zero attached hydrogens (tertiary/aromatic N) is 10. The Kier molecular flexibility index (Phi) is 17.3. The zero-order valence-corrected chi connectivity index (χ0v) is 40.4. The average molecular weight is 947 g/mol. The lowest BCUT2D eigenvalue weighted by Crippen LogP contribution is -2.41. The van der Waals surface area contributed by atoms with E-state index in [1.165, 1.54) is 9.13 Å². The highest BCUT2D eigenvalue weighted by Gasteiger charge is 2.25. The van der Waals surface area contributed by atoms with Crippen LogP contribution in [0.15, 0.2) is 158 Å². The predicted octanol–water partition coefficient (Wildman–Crippen LogP) is 7.90. The number of hydrogen-bond donors (Lipinski definition) is 0. The van der Waals surface area contributed by atoms with Gasteiger partial charge in [0.05, 0.1) is 25.3 Å². The molecule has 0 aliphatic heterocycles. The monoisotopic (exact) mass is 946 g/mol. The van der Waals surface area contributed by atoms with Crippen LogP contribution in [0.3, 0.4) is 0 Å². The van der Waals surface area contributed by atoms with E-state index in [1.807, 2.05) is 129 Å². The van der Waals surface area contributed by atoms with Gasteiger partial charge in [-0.15, -0.1) is 20.5 Å². The molecule has 0 bridgehead atoms. The number of aromatic nitrogens is 4. The first kappa shape index (κ1) is 51.6. The summed E-state index contributed by atoms with van der Waals surface area (Å²) in [6, 6.07) is 32.2. The van der Waals surface area contributed by atoms with Crippen molar-refractivity contribution in [2.75, 3.05) is 55.5 Å². The Labute approximate surface area is 409 Å². The first-order valence-corrected chi connectivity index (χ1v) is 22.7. The second-order valence-corrected chi connectivity index (χ2v) is 17.2. The Hall–Kier alpha value is -7.82. The van der Waals surface area contributed by atoms with Gasteiger partial charge in [0.1, 0.15) is 34.2 Å². The van der Waals surface area contributed by atoms with E-state index in [9.17, 15) is 19.8 Å². The summed E-state index contributed by atoms with van der Waals surface area (Å²) < 4.78 is 17.7. The normalized spacial score (nSPS) is 12.0. The van der Waals surface area contributed by atoms with Crippen molar-refractivity contribution in [1.82, 2.24) is 18.9 Å². The van der Waals surface area contributed by atoms with Crippen LogP contribution in [0.4, 0.5) is 22.7 Å². The van der Waals surface area contributed by atoms with Gasteiger partial charge in [0.15, 0.2) is 24.8 Å². The van der Waals surface area contributed by atoms with Crippen LogP contribution in [0.5, 0.6) is 23.3 Å². The van der Waals surface area contributed by atoms with Crippen molar-refractivity contribution < 1.29 is 28.8 Å². The minimum absolute atomic E-state index is 0. The van der Waals surface area contributed by atoms with Crippen molar-refractivity contribution in [3.8, 4) is 34.6 Å². The van der Waals surface area contributed by atoms with Gasteiger partial charge in [0, 0.05) is 43.3 Å². The Bertz CT molecular complexity index is 2890. The lowest BCUT2D eigenvalue weighted by atomic mass is 9.84. The lowest BCUT2D eigenvalue weighted by Gasteiger charge is -2.22. The number of pyridine rings is 4. The van der Waals surface area contributed by atoms with Gasteiger partial charge in [-0.3, -0.25) is 9.59 Å². The van der Waals surface area contributed by atoms with Crippen molar-refractivity contribution in [2.24, 2.45) is 20.5 Å². The van der Waals surface area contributed by atoms with Gasteiger partial charge >= 0.3 is 11.1 Å². The Morgan fingerprint density at radius 1 is 0.557 bits per heavy atom. The molecule has 16 nitrogen and oxygen atoms in total. The first-order chi connectivity index (χ1) is 33.3. The third kappa shape index (κ3) is 11.4. The van der Waals surface area contributed by atoms with Crippen molar-refractivity contribution in [3.05, 3.63) is 176 Å². The average Bonchev–Trinajstić information content (AvgIpc) is 3.35. The molecule has 0 unspecified atom stereocenters. The van der Waals surface area contributed by atoms with Crippen molar-refractivity contribution >= 4 is 22.7 Å². The standard InChI is InChI=1S/C53H58N10O6.CH4/c1-36-46(50(64)62(32-18-26-58(3)4)52(66)48(36)60-28-14-10-15-29-60)56-54-41-24-22-39(34-43(41)68-7)45(38-20-12-9-13-21-38)40-23-25-42(44(35-40)69-8)55-57-47-37(2)49(61-30-16-11-17-31-61)53(67)63(51(47)65)33-19-27-59(5)6;/h9-17,20-25,28-31,34-35,45H,18-19,26-27,32-33H2,1-8H3;1H4. The number of benzene rings is 3. The van der Waals surface area contributed by atoms with Crippen LogP contribution in [0.2, 0.25) is 0 Å². The molecule has 0 N–H and O–H groups in total. The molecule has 0 amide bonds. The smallest absolute Gasteiger partial charge is 0.323 e. The zero-order valence-electron chi connectivity index (χ0n) is 40.4. The van der Waals surface area contributed by atoms with E-state index < -0.39 is 22.9 Å². The molecule has 0 radical (unpaired) electrons. The minimum Gasteiger partial charge on any atom is -0.858 e. The largest absolute Gasteiger partial charge is 0.858 e. The third-order valence-electron chi connectivity index (χ3n) is 11.9. The van der Waals surface area contributed by atoms with E-state index in [0.29, 0.717) is 71.3 Å². The van der Waals surface area contributed by atoms with Crippen LogP contribution in [-0.2, 0) is 13.1 Å². The number of rotatable bonds is 19. The van der Waals surface area contributed by atoms with E-state index in [-0.39, 0.29) is 37.8 Å². The van der Waals surface area contributed by atoms with Crippen LogP contribution < -0.4 is 39.9 Å². The quantitative estimate of drug-likeness (QED) is 0.0447. The summed E-state index contributed by atoms with van der Waals surface area (Å²) in [6.45, 7) is 5.23. The molecule has 70 heavy (non-hydrogen) atoms. The van der Waals surface area contributed by atoms with Crippen LogP contribution in [0.25, 0.3) is 11.4 Å². The molecular weight excluding hydrogens is 885 g/mol. The van der Waals surface area contributed by atoms with Crippen molar-refractivity contribution in [2.45, 2.75) is 53.1 Å². The molecule has 0 atom stereocenters. The fourth-order valence-corrected chi connectivity index (χ4v) is 8.34. The van der Waals surface area contributed by atoms with E-state index in [4.69, 9.17) is 9.47 Å². The summed E-state index contributed by atoms with van der Waals surface area (Å²) in [5, 5.41) is 46.1. The molecule has 0 saturated carbocycles. The molecule has 16 heteroatoms. The molecular formula is C54H62N10O6. The van der Waals surface area contributed by atoms with Gasteiger partial charge in [-0.25, -0.2) is 0 Å². The number of azo groups is 2. The predicted molar refractivity (Wildman–Crippen MR) is 268 cm³/mol. The van der Waals surface area contributed by atoms with Gasteiger partial charge in [-0.05, 0) is 121 Å². The van der Waals surface area contributed by atoms with Gasteiger partial charge < -0.3 is 38.6 Å².